The smallest absolute Gasteiger partial charge is 0.255 e. The van der Waals surface area contributed by atoms with Gasteiger partial charge in [-0.2, -0.15) is 0 Å². The average molecular weight is 375 g/mol. The Labute approximate surface area is 135 Å². The van der Waals surface area contributed by atoms with E-state index in [4.69, 9.17) is 27.9 Å². The lowest BCUT2D eigenvalue weighted by Crippen LogP contribution is -2.12. The van der Waals surface area contributed by atoms with Crippen molar-refractivity contribution in [2.24, 2.45) is 0 Å². The maximum atomic E-state index is 12.1. The van der Waals surface area contributed by atoms with E-state index in [2.05, 4.69) is 21.2 Å². The standard InChI is InChI=1S/C14H10BrCl2NO2/c1-20-9-3-5-11(16)13(7-9)18-14(19)8-2-4-10(15)12(17)6-8/h2-7H,1H3,(H,18,19). The Morgan fingerprint density at radius 3 is 2.55 bits per heavy atom. The van der Waals surface area contributed by atoms with Crippen LogP contribution in [0.2, 0.25) is 10.0 Å². The minimum atomic E-state index is -0.297. The summed E-state index contributed by atoms with van der Waals surface area (Å²) in [7, 11) is 1.54. The molecule has 0 aliphatic rings. The zero-order valence-corrected chi connectivity index (χ0v) is 13.5. The summed E-state index contributed by atoms with van der Waals surface area (Å²) < 4.78 is 5.83. The van der Waals surface area contributed by atoms with Gasteiger partial charge in [0, 0.05) is 16.1 Å². The number of benzene rings is 2. The number of ether oxygens (including phenoxy) is 1. The summed E-state index contributed by atoms with van der Waals surface area (Å²) in [6, 6.07) is 9.98. The first-order valence-corrected chi connectivity index (χ1v) is 7.16. The molecule has 3 nitrogen and oxygen atoms in total. The molecule has 0 heterocycles. The lowest BCUT2D eigenvalue weighted by Gasteiger charge is -2.09. The first-order valence-electron chi connectivity index (χ1n) is 5.61. The Bertz CT molecular complexity index is 662. The van der Waals surface area contributed by atoms with Crippen LogP contribution in [0, 0.1) is 0 Å². The molecule has 0 unspecified atom stereocenters. The van der Waals surface area contributed by atoms with Crippen LogP contribution < -0.4 is 10.1 Å². The number of rotatable bonds is 3. The summed E-state index contributed by atoms with van der Waals surface area (Å²) in [5, 5.41) is 3.62. The minimum Gasteiger partial charge on any atom is -0.497 e. The summed E-state index contributed by atoms with van der Waals surface area (Å²) in [6.45, 7) is 0. The molecule has 0 fully saturated rings. The fourth-order valence-electron chi connectivity index (χ4n) is 1.56. The molecule has 1 amide bonds. The van der Waals surface area contributed by atoms with E-state index in [0.29, 0.717) is 27.0 Å². The first-order chi connectivity index (χ1) is 9.51. The van der Waals surface area contributed by atoms with Gasteiger partial charge < -0.3 is 10.1 Å². The summed E-state index contributed by atoms with van der Waals surface area (Å²) in [5.41, 5.74) is 0.923. The van der Waals surface area contributed by atoms with Gasteiger partial charge in [-0.15, -0.1) is 0 Å². The Morgan fingerprint density at radius 2 is 1.90 bits per heavy atom. The van der Waals surface area contributed by atoms with E-state index in [9.17, 15) is 4.79 Å². The SMILES string of the molecule is COc1ccc(Cl)c(NC(=O)c2ccc(Br)c(Cl)c2)c1. The lowest BCUT2D eigenvalue weighted by molar-refractivity contribution is 0.102. The molecule has 2 aromatic carbocycles. The molecule has 0 radical (unpaired) electrons. The maximum absolute atomic E-state index is 12.1. The minimum absolute atomic E-state index is 0.297. The second kappa shape index (κ2) is 6.48. The zero-order chi connectivity index (χ0) is 14.7. The fraction of sp³-hybridized carbons (Fsp3) is 0.0714. The van der Waals surface area contributed by atoms with Crippen LogP contribution in [-0.2, 0) is 0 Å². The van der Waals surface area contributed by atoms with Crippen molar-refractivity contribution in [3.8, 4) is 5.75 Å². The van der Waals surface area contributed by atoms with Gasteiger partial charge in [-0.05, 0) is 46.3 Å². The van der Waals surface area contributed by atoms with E-state index in [1.54, 1.807) is 43.5 Å². The molecule has 2 rings (SSSR count). The number of hydrogen-bond donors (Lipinski definition) is 1. The highest BCUT2D eigenvalue weighted by Gasteiger charge is 2.11. The van der Waals surface area contributed by atoms with E-state index in [1.807, 2.05) is 0 Å². The number of halogens is 3. The third-order valence-corrected chi connectivity index (χ3v) is 4.17. The molecule has 0 aromatic heterocycles. The number of nitrogens with one attached hydrogen (secondary N) is 1. The molecule has 0 aliphatic carbocycles. The van der Waals surface area contributed by atoms with Crippen LogP contribution in [0.5, 0.6) is 5.75 Å². The van der Waals surface area contributed by atoms with Gasteiger partial charge in [0.2, 0.25) is 0 Å². The van der Waals surface area contributed by atoms with Gasteiger partial charge in [-0.25, -0.2) is 0 Å². The maximum Gasteiger partial charge on any atom is 0.255 e. The molecular formula is C14H10BrCl2NO2. The van der Waals surface area contributed by atoms with Gasteiger partial charge in [0.15, 0.2) is 0 Å². The second-order valence-corrected chi connectivity index (χ2v) is 5.60. The Balaban J connectivity index is 2.25. The Hall–Kier alpha value is -1.23. The third-order valence-electron chi connectivity index (χ3n) is 2.60. The third kappa shape index (κ3) is 3.45. The summed E-state index contributed by atoms with van der Waals surface area (Å²) >= 11 is 15.3. The Morgan fingerprint density at radius 1 is 1.15 bits per heavy atom. The highest BCUT2D eigenvalue weighted by molar-refractivity contribution is 9.10. The van der Waals surface area contributed by atoms with Crippen LogP contribution in [0.1, 0.15) is 10.4 Å². The predicted molar refractivity (Wildman–Crippen MR) is 85.1 cm³/mol. The number of carbonyl (C=O) groups excluding carboxylic acids is 1. The molecule has 2 aromatic rings. The van der Waals surface area contributed by atoms with Crippen LogP contribution in [0.4, 0.5) is 5.69 Å². The second-order valence-electron chi connectivity index (χ2n) is 3.93. The molecule has 0 atom stereocenters. The number of hydrogen-bond acceptors (Lipinski definition) is 2. The normalized spacial score (nSPS) is 10.2. The molecule has 0 spiro atoms. The van der Waals surface area contributed by atoms with Crippen molar-refractivity contribution in [1.29, 1.82) is 0 Å². The first kappa shape index (κ1) is 15.2. The molecule has 0 saturated carbocycles. The monoisotopic (exact) mass is 373 g/mol. The lowest BCUT2D eigenvalue weighted by atomic mass is 10.2. The largest absolute Gasteiger partial charge is 0.497 e. The van der Waals surface area contributed by atoms with Gasteiger partial charge in [0.1, 0.15) is 5.75 Å². The van der Waals surface area contributed by atoms with E-state index in [1.165, 1.54) is 0 Å². The van der Waals surface area contributed by atoms with Crippen LogP contribution in [0.15, 0.2) is 40.9 Å². The fourth-order valence-corrected chi connectivity index (χ4v) is 2.15. The Kier molecular flexibility index (Phi) is 4.91. The van der Waals surface area contributed by atoms with Gasteiger partial charge in [0.05, 0.1) is 22.8 Å². The van der Waals surface area contributed by atoms with E-state index < -0.39 is 0 Å². The van der Waals surface area contributed by atoms with Crippen molar-refractivity contribution in [2.45, 2.75) is 0 Å². The van der Waals surface area contributed by atoms with Crippen molar-refractivity contribution in [1.82, 2.24) is 0 Å². The molecule has 0 bridgehead atoms. The molecule has 0 saturated heterocycles. The number of amides is 1. The van der Waals surface area contributed by atoms with E-state index in [0.717, 1.165) is 4.47 Å². The highest BCUT2D eigenvalue weighted by atomic mass is 79.9. The molecule has 104 valence electrons. The van der Waals surface area contributed by atoms with Crippen LogP contribution >= 0.6 is 39.1 Å². The van der Waals surface area contributed by atoms with E-state index >= 15 is 0 Å². The molecule has 0 aliphatic heterocycles. The van der Waals surface area contributed by atoms with Crippen molar-refractivity contribution in [2.75, 3.05) is 12.4 Å². The van der Waals surface area contributed by atoms with E-state index in [-0.39, 0.29) is 5.91 Å². The average Bonchev–Trinajstić information content (AvgIpc) is 2.44. The summed E-state index contributed by atoms with van der Waals surface area (Å²) in [4.78, 5) is 12.1. The van der Waals surface area contributed by atoms with Crippen LogP contribution in [0.25, 0.3) is 0 Å². The predicted octanol–water partition coefficient (Wildman–Crippen LogP) is 5.02. The van der Waals surface area contributed by atoms with Crippen LogP contribution in [-0.4, -0.2) is 13.0 Å². The van der Waals surface area contributed by atoms with Crippen molar-refractivity contribution in [3.63, 3.8) is 0 Å². The number of carbonyl (C=O) groups is 1. The molecule has 6 heteroatoms. The molecule has 20 heavy (non-hydrogen) atoms. The summed E-state index contributed by atoms with van der Waals surface area (Å²) in [6.07, 6.45) is 0. The van der Waals surface area contributed by atoms with Gasteiger partial charge in [-0.3, -0.25) is 4.79 Å². The number of methoxy groups -OCH3 is 1. The van der Waals surface area contributed by atoms with Gasteiger partial charge in [-0.1, -0.05) is 23.2 Å². The van der Waals surface area contributed by atoms with Gasteiger partial charge >= 0.3 is 0 Å². The van der Waals surface area contributed by atoms with Crippen molar-refractivity contribution < 1.29 is 9.53 Å². The number of anilines is 1. The van der Waals surface area contributed by atoms with Gasteiger partial charge in [0.25, 0.3) is 5.91 Å². The zero-order valence-electron chi connectivity index (χ0n) is 10.4. The molecule has 1 N–H and O–H groups in total. The molecular weight excluding hydrogens is 365 g/mol. The topological polar surface area (TPSA) is 38.3 Å². The quantitative estimate of drug-likeness (QED) is 0.819. The summed E-state index contributed by atoms with van der Waals surface area (Å²) in [5.74, 6) is 0.313. The van der Waals surface area contributed by atoms with Crippen molar-refractivity contribution >= 4 is 50.7 Å². The highest BCUT2D eigenvalue weighted by Crippen LogP contribution is 2.28. The van der Waals surface area contributed by atoms with Crippen molar-refractivity contribution in [3.05, 3.63) is 56.5 Å². The van der Waals surface area contributed by atoms with Crippen LogP contribution in [0.3, 0.4) is 0 Å².